The van der Waals surface area contributed by atoms with Crippen molar-refractivity contribution >= 4 is 21.9 Å². The maximum atomic E-state index is 14.1. The topological polar surface area (TPSA) is 115 Å². The van der Waals surface area contributed by atoms with Crippen LogP contribution in [0.2, 0.25) is 0 Å². The highest BCUT2D eigenvalue weighted by molar-refractivity contribution is 7.90. The largest absolute Gasteiger partial charge is 0.479 e. The molecular formula is C25H27FN2O6S. The molecule has 2 N–H and O–H groups in total. The van der Waals surface area contributed by atoms with Gasteiger partial charge in [0.1, 0.15) is 11.4 Å². The Bertz CT molecular complexity index is 1370. The second kappa shape index (κ2) is 9.53. The Hall–Kier alpha value is -3.66. The van der Waals surface area contributed by atoms with Crippen LogP contribution in [0.1, 0.15) is 38.1 Å². The van der Waals surface area contributed by atoms with E-state index in [0.29, 0.717) is 22.6 Å². The third kappa shape index (κ3) is 6.07. The zero-order valence-electron chi connectivity index (χ0n) is 20.0. The van der Waals surface area contributed by atoms with Gasteiger partial charge >= 0.3 is 12.1 Å². The van der Waals surface area contributed by atoms with Crippen molar-refractivity contribution in [3.63, 3.8) is 0 Å². The Morgan fingerprint density at radius 2 is 1.71 bits per heavy atom. The van der Waals surface area contributed by atoms with Gasteiger partial charge in [-0.05, 0) is 69.7 Å². The summed E-state index contributed by atoms with van der Waals surface area (Å²) in [6.45, 7) is 6.63. The maximum Gasteiger partial charge on any atom is 0.408 e. The number of hydrogen-bond donors (Lipinski definition) is 2. The van der Waals surface area contributed by atoms with Crippen LogP contribution in [0.25, 0.3) is 16.9 Å². The predicted octanol–water partition coefficient (Wildman–Crippen LogP) is 4.65. The fourth-order valence-electron chi connectivity index (χ4n) is 3.65. The van der Waals surface area contributed by atoms with E-state index >= 15 is 0 Å². The van der Waals surface area contributed by atoms with E-state index in [1.165, 1.54) is 30.3 Å². The molecule has 0 spiro atoms. The lowest BCUT2D eigenvalue weighted by Gasteiger charge is -2.22. The Balaban J connectivity index is 2.18. The molecule has 1 unspecified atom stereocenters. The SMILES string of the molecule is Cc1c(C(NC(=O)OC(C)(C)C)C(=O)O)cc(-c2ccc(S(C)(=O)=O)cc2)n1-c1cccc(F)c1. The standard InChI is InChI=1S/C25H27FN2O6S/c1-15-20(22(23(29)30)27-24(31)34-25(2,3)4)14-21(28(15)18-8-6-7-17(26)13-18)16-9-11-19(12-10-16)35(5,32)33/h6-14,22H,1-5H3,(H,27,31)(H,29,30). The van der Waals surface area contributed by atoms with E-state index in [4.69, 9.17) is 4.74 Å². The summed E-state index contributed by atoms with van der Waals surface area (Å²) in [4.78, 5) is 24.6. The summed E-state index contributed by atoms with van der Waals surface area (Å²) in [5.74, 6) is -1.80. The number of benzene rings is 2. The van der Waals surface area contributed by atoms with Gasteiger partial charge in [-0.2, -0.15) is 0 Å². The summed E-state index contributed by atoms with van der Waals surface area (Å²) < 4.78 is 44.7. The Morgan fingerprint density at radius 1 is 1.09 bits per heavy atom. The second-order valence-electron chi connectivity index (χ2n) is 9.10. The summed E-state index contributed by atoms with van der Waals surface area (Å²) in [5.41, 5.74) is 1.36. The first-order chi connectivity index (χ1) is 16.2. The zero-order chi connectivity index (χ0) is 26.1. The molecule has 3 rings (SSSR count). The fourth-order valence-corrected chi connectivity index (χ4v) is 4.28. The van der Waals surface area contributed by atoms with Crippen LogP contribution in [-0.4, -0.2) is 42.0 Å². The number of amides is 1. The van der Waals surface area contributed by atoms with Gasteiger partial charge in [0.05, 0.1) is 10.6 Å². The van der Waals surface area contributed by atoms with Crippen molar-refractivity contribution in [2.75, 3.05) is 6.26 Å². The van der Waals surface area contributed by atoms with E-state index in [-0.39, 0.29) is 10.5 Å². The van der Waals surface area contributed by atoms with E-state index in [1.54, 1.807) is 56.5 Å². The van der Waals surface area contributed by atoms with Crippen LogP contribution in [0.4, 0.5) is 9.18 Å². The van der Waals surface area contributed by atoms with E-state index in [1.807, 2.05) is 0 Å². The van der Waals surface area contributed by atoms with Crippen LogP contribution in [0.5, 0.6) is 0 Å². The summed E-state index contributed by atoms with van der Waals surface area (Å²) in [7, 11) is -3.42. The van der Waals surface area contributed by atoms with Crippen molar-refractivity contribution in [1.29, 1.82) is 0 Å². The van der Waals surface area contributed by atoms with Crippen LogP contribution < -0.4 is 5.32 Å². The highest BCUT2D eigenvalue weighted by Crippen LogP contribution is 2.33. The van der Waals surface area contributed by atoms with Crippen LogP contribution in [-0.2, 0) is 19.4 Å². The number of carboxylic acids is 1. The lowest BCUT2D eigenvalue weighted by Crippen LogP contribution is -2.38. The second-order valence-corrected chi connectivity index (χ2v) is 11.1. The molecule has 0 bridgehead atoms. The quantitative estimate of drug-likeness (QED) is 0.507. The summed E-state index contributed by atoms with van der Waals surface area (Å²) in [5, 5.41) is 12.3. The van der Waals surface area contributed by atoms with Crippen molar-refractivity contribution in [1.82, 2.24) is 9.88 Å². The number of aromatic nitrogens is 1. The number of halogens is 1. The van der Waals surface area contributed by atoms with Gasteiger partial charge < -0.3 is 19.7 Å². The predicted molar refractivity (Wildman–Crippen MR) is 129 cm³/mol. The number of rotatable bonds is 6. The minimum Gasteiger partial charge on any atom is -0.479 e. The van der Waals surface area contributed by atoms with Crippen LogP contribution in [0.3, 0.4) is 0 Å². The number of nitrogens with zero attached hydrogens (tertiary/aromatic N) is 1. The molecular weight excluding hydrogens is 475 g/mol. The van der Waals surface area contributed by atoms with Gasteiger partial charge in [-0.1, -0.05) is 18.2 Å². The first-order valence-electron chi connectivity index (χ1n) is 10.7. The van der Waals surface area contributed by atoms with Gasteiger partial charge in [-0.3, -0.25) is 0 Å². The Morgan fingerprint density at radius 3 is 2.23 bits per heavy atom. The number of carbonyl (C=O) groups excluding carboxylic acids is 1. The van der Waals surface area contributed by atoms with Gasteiger partial charge in [-0.15, -0.1) is 0 Å². The summed E-state index contributed by atoms with van der Waals surface area (Å²) in [6.07, 6.45) is 0.196. The lowest BCUT2D eigenvalue weighted by atomic mass is 10.1. The molecule has 0 aliphatic heterocycles. The molecule has 0 saturated heterocycles. The minimum atomic E-state index is -3.42. The van der Waals surface area contributed by atoms with Gasteiger partial charge in [0.2, 0.25) is 0 Å². The van der Waals surface area contributed by atoms with E-state index in [2.05, 4.69) is 5.32 Å². The monoisotopic (exact) mass is 502 g/mol. The molecule has 2 aromatic carbocycles. The number of hydrogen-bond acceptors (Lipinski definition) is 5. The van der Waals surface area contributed by atoms with Crippen molar-refractivity contribution in [2.24, 2.45) is 0 Å². The Labute approximate surface area is 203 Å². The Kier molecular flexibility index (Phi) is 7.07. The zero-order valence-corrected chi connectivity index (χ0v) is 20.8. The third-order valence-corrected chi connectivity index (χ3v) is 6.28. The van der Waals surface area contributed by atoms with Crippen LogP contribution >= 0.6 is 0 Å². The van der Waals surface area contributed by atoms with E-state index < -0.39 is 39.4 Å². The van der Waals surface area contributed by atoms with Crippen molar-refractivity contribution in [2.45, 2.75) is 44.2 Å². The van der Waals surface area contributed by atoms with Crippen molar-refractivity contribution in [3.05, 3.63) is 71.7 Å². The molecule has 0 fully saturated rings. The van der Waals surface area contributed by atoms with Crippen LogP contribution in [0.15, 0.2) is 59.5 Å². The smallest absolute Gasteiger partial charge is 0.408 e. The highest BCUT2D eigenvalue weighted by atomic mass is 32.2. The fraction of sp³-hybridized carbons (Fsp3) is 0.280. The molecule has 186 valence electrons. The third-order valence-electron chi connectivity index (χ3n) is 5.15. The first kappa shape index (κ1) is 26.0. The number of alkyl carbamates (subject to hydrolysis) is 1. The number of sulfone groups is 1. The molecule has 0 aliphatic carbocycles. The van der Waals surface area contributed by atoms with Crippen LogP contribution in [0, 0.1) is 12.7 Å². The van der Waals surface area contributed by atoms with Gasteiger partial charge in [0, 0.05) is 23.2 Å². The van der Waals surface area contributed by atoms with Crippen molar-refractivity contribution < 1.29 is 32.2 Å². The maximum absolute atomic E-state index is 14.1. The molecule has 0 radical (unpaired) electrons. The highest BCUT2D eigenvalue weighted by Gasteiger charge is 2.30. The molecule has 1 aromatic heterocycles. The van der Waals surface area contributed by atoms with Gasteiger partial charge in [-0.25, -0.2) is 22.4 Å². The number of nitrogens with one attached hydrogen (secondary N) is 1. The number of aliphatic carboxylic acids is 1. The first-order valence-corrected chi connectivity index (χ1v) is 12.6. The molecule has 8 nitrogen and oxygen atoms in total. The molecule has 1 amide bonds. The van der Waals surface area contributed by atoms with Crippen molar-refractivity contribution in [3.8, 4) is 16.9 Å². The molecule has 35 heavy (non-hydrogen) atoms. The number of ether oxygens (including phenoxy) is 1. The molecule has 0 saturated carbocycles. The number of carbonyl (C=O) groups is 2. The molecule has 1 atom stereocenters. The molecule has 10 heteroatoms. The molecule has 3 aromatic rings. The average molecular weight is 503 g/mol. The van der Waals surface area contributed by atoms with E-state index in [9.17, 15) is 27.5 Å². The van der Waals surface area contributed by atoms with E-state index in [0.717, 1.165) is 6.26 Å². The summed E-state index contributed by atoms with van der Waals surface area (Å²) in [6, 6.07) is 11.9. The lowest BCUT2D eigenvalue weighted by molar-refractivity contribution is -0.139. The molecule has 0 aliphatic rings. The minimum absolute atomic E-state index is 0.122. The average Bonchev–Trinajstić information content (AvgIpc) is 3.07. The summed E-state index contributed by atoms with van der Waals surface area (Å²) >= 11 is 0. The normalized spacial score (nSPS) is 12.7. The van der Waals surface area contributed by atoms with Gasteiger partial charge in [0.15, 0.2) is 15.9 Å². The van der Waals surface area contributed by atoms with Gasteiger partial charge in [0.25, 0.3) is 0 Å². The molecule has 1 heterocycles. The number of carboxylic acid groups (broad SMARTS) is 1.